The Labute approximate surface area is 142 Å². The van der Waals surface area contributed by atoms with Crippen LogP contribution in [0.25, 0.3) is 0 Å². The Morgan fingerprint density at radius 1 is 1.09 bits per heavy atom. The van der Waals surface area contributed by atoms with Gasteiger partial charge in [0.25, 0.3) is 0 Å². The van der Waals surface area contributed by atoms with Gasteiger partial charge in [-0.1, -0.05) is 30.3 Å². The van der Waals surface area contributed by atoms with Crippen LogP contribution in [-0.4, -0.2) is 36.4 Å². The van der Waals surface area contributed by atoms with Gasteiger partial charge in [-0.05, 0) is 26.3 Å². The van der Waals surface area contributed by atoms with Crippen LogP contribution in [0.3, 0.4) is 0 Å². The van der Waals surface area contributed by atoms with Crippen LogP contribution in [0.15, 0.2) is 30.3 Å². The Kier molecular flexibility index (Phi) is 8.55. The number of carbonyl (C=O) groups is 2. The zero-order chi connectivity index (χ0) is 17.1. The molecule has 1 rings (SSSR count). The zero-order valence-corrected chi connectivity index (χ0v) is 14.9. The second kappa shape index (κ2) is 10.2. The average Bonchev–Trinajstić information content (AvgIpc) is 2.46. The summed E-state index contributed by atoms with van der Waals surface area (Å²) < 4.78 is 5.09. The maximum atomic E-state index is 11.6. The Morgan fingerprint density at radius 3 is 2.43 bits per heavy atom. The van der Waals surface area contributed by atoms with Gasteiger partial charge >= 0.3 is 6.09 Å². The molecule has 0 fully saturated rings. The predicted molar refractivity (Wildman–Crippen MR) is 94.5 cm³/mol. The quantitative estimate of drug-likeness (QED) is 0.715. The highest BCUT2D eigenvalue weighted by molar-refractivity contribution is 7.98. The molecule has 0 saturated carbocycles. The molecule has 0 bridgehead atoms. The first-order chi connectivity index (χ1) is 10.9. The molecule has 0 aliphatic heterocycles. The van der Waals surface area contributed by atoms with Gasteiger partial charge in [0.2, 0.25) is 5.91 Å². The second-order valence-corrected chi connectivity index (χ2v) is 7.17. The highest BCUT2D eigenvalue weighted by atomic mass is 32.2. The van der Waals surface area contributed by atoms with Gasteiger partial charge < -0.3 is 15.4 Å². The van der Waals surface area contributed by atoms with E-state index in [0.717, 1.165) is 11.5 Å². The van der Waals surface area contributed by atoms with Crippen LogP contribution in [0.4, 0.5) is 4.79 Å². The molecular weight excluding hydrogens is 312 g/mol. The van der Waals surface area contributed by atoms with Gasteiger partial charge in [0.05, 0.1) is 0 Å². The summed E-state index contributed by atoms with van der Waals surface area (Å²) in [7, 11) is 0. The Bertz CT molecular complexity index is 486. The predicted octanol–water partition coefficient (Wildman–Crippen LogP) is 2.95. The molecule has 2 amide bonds. The van der Waals surface area contributed by atoms with Crippen molar-refractivity contribution in [1.29, 1.82) is 0 Å². The molecule has 0 aliphatic carbocycles. The minimum absolute atomic E-state index is 0.0682. The lowest BCUT2D eigenvalue weighted by atomic mass is 10.2. The third-order valence-corrected chi connectivity index (χ3v) is 3.73. The summed E-state index contributed by atoms with van der Waals surface area (Å²) in [4.78, 5) is 23.0. The number of carbonyl (C=O) groups excluding carboxylic acids is 2. The van der Waals surface area contributed by atoms with Crippen molar-refractivity contribution in [3.8, 4) is 0 Å². The number of alkyl carbamates (subject to hydrolysis) is 1. The standard InChI is InChI=1S/C17H26N2O3S/c1-17(2,3)22-16(21)19-10-9-15(20)18-11-12-23-13-14-7-5-4-6-8-14/h4-8H,9-13H2,1-3H3,(H,18,20)(H,19,21). The molecule has 1 aromatic carbocycles. The van der Waals surface area contributed by atoms with E-state index in [0.29, 0.717) is 6.54 Å². The summed E-state index contributed by atoms with van der Waals surface area (Å²) in [6.07, 6.45) is -0.244. The molecule has 0 unspecified atom stereocenters. The maximum absolute atomic E-state index is 11.6. The molecule has 2 N–H and O–H groups in total. The largest absolute Gasteiger partial charge is 0.444 e. The molecule has 0 radical (unpaired) electrons. The SMILES string of the molecule is CC(C)(C)OC(=O)NCCC(=O)NCCSCc1ccccc1. The van der Waals surface area contributed by atoms with Crippen LogP contribution >= 0.6 is 11.8 Å². The van der Waals surface area contributed by atoms with E-state index in [2.05, 4.69) is 22.8 Å². The number of hydrogen-bond acceptors (Lipinski definition) is 4. The summed E-state index contributed by atoms with van der Waals surface area (Å²) in [5.74, 6) is 1.73. The summed E-state index contributed by atoms with van der Waals surface area (Å²) in [6, 6.07) is 10.2. The number of hydrogen-bond donors (Lipinski definition) is 2. The van der Waals surface area contributed by atoms with Crippen molar-refractivity contribution in [2.75, 3.05) is 18.8 Å². The average molecular weight is 338 g/mol. The van der Waals surface area contributed by atoms with Crippen LogP contribution < -0.4 is 10.6 Å². The van der Waals surface area contributed by atoms with E-state index in [1.165, 1.54) is 5.56 Å². The van der Waals surface area contributed by atoms with Crippen molar-refractivity contribution in [3.63, 3.8) is 0 Å². The fraction of sp³-hybridized carbons (Fsp3) is 0.529. The van der Waals surface area contributed by atoms with Crippen LogP contribution in [0.5, 0.6) is 0 Å². The van der Waals surface area contributed by atoms with Crippen LogP contribution in [0.2, 0.25) is 0 Å². The third-order valence-electron chi connectivity index (χ3n) is 2.70. The minimum atomic E-state index is -0.525. The lowest BCUT2D eigenvalue weighted by molar-refractivity contribution is -0.120. The first-order valence-electron chi connectivity index (χ1n) is 7.72. The van der Waals surface area contributed by atoms with E-state index in [9.17, 15) is 9.59 Å². The molecule has 128 valence electrons. The minimum Gasteiger partial charge on any atom is -0.444 e. The number of nitrogens with one attached hydrogen (secondary N) is 2. The van der Waals surface area contributed by atoms with Crippen molar-refractivity contribution >= 4 is 23.8 Å². The van der Waals surface area contributed by atoms with Gasteiger partial charge in [-0.2, -0.15) is 11.8 Å². The second-order valence-electron chi connectivity index (χ2n) is 6.07. The maximum Gasteiger partial charge on any atom is 0.407 e. The van der Waals surface area contributed by atoms with Gasteiger partial charge in [-0.25, -0.2) is 4.79 Å². The molecule has 0 aliphatic rings. The van der Waals surface area contributed by atoms with Crippen molar-refractivity contribution < 1.29 is 14.3 Å². The topological polar surface area (TPSA) is 67.4 Å². The number of rotatable bonds is 8. The molecule has 0 spiro atoms. The Hall–Kier alpha value is -1.69. The zero-order valence-electron chi connectivity index (χ0n) is 14.1. The lowest BCUT2D eigenvalue weighted by Crippen LogP contribution is -2.35. The molecule has 0 atom stereocenters. The van der Waals surface area contributed by atoms with Crippen LogP contribution in [-0.2, 0) is 15.3 Å². The highest BCUT2D eigenvalue weighted by Gasteiger charge is 2.15. The van der Waals surface area contributed by atoms with Crippen molar-refractivity contribution in [3.05, 3.63) is 35.9 Å². The lowest BCUT2D eigenvalue weighted by Gasteiger charge is -2.19. The van der Waals surface area contributed by atoms with Crippen molar-refractivity contribution in [1.82, 2.24) is 10.6 Å². The number of benzene rings is 1. The molecule has 0 heterocycles. The van der Waals surface area contributed by atoms with Gasteiger partial charge in [-0.15, -0.1) is 0 Å². The first-order valence-corrected chi connectivity index (χ1v) is 8.87. The van der Waals surface area contributed by atoms with E-state index in [4.69, 9.17) is 4.74 Å². The molecule has 0 saturated heterocycles. The van der Waals surface area contributed by atoms with Crippen molar-refractivity contribution in [2.45, 2.75) is 38.5 Å². The Balaban J connectivity index is 2.01. The fourth-order valence-electron chi connectivity index (χ4n) is 1.71. The van der Waals surface area contributed by atoms with E-state index in [-0.39, 0.29) is 18.9 Å². The third kappa shape index (κ3) is 10.6. The Morgan fingerprint density at radius 2 is 1.78 bits per heavy atom. The van der Waals surface area contributed by atoms with Gasteiger partial charge in [0.1, 0.15) is 5.60 Å². The van der Waals surface area contributed by atoms with E-state index < -0.39 is 11.7 Å². The number of ether oxygens (including phenoxy) is 1. The van der Waals surface area contributed by atoms with Gasteiger partial charge in [-0.3, -0.25) is 4.79 Å². The number of amides is 2. The number of thioether (sulfide) groups is 1. The van der Waals surface area contributed by atoms with Gasteiger partial charge in [0, 0.05) is 31.0 Å². The molecule has 0 aromatic heterocycles. The van der Waals surface area contributed by atoms with E-state index >= 15 is 0 Å². The fourth-order valence-corrected chi connectivity index (χ4v) is 2.53. The van der Waals surface area contributed by atoms with Crippen LogP contribution in [0.1, 0.15) is 32.8 Å². The van der Waals surface area contributed by atoms with E-state index in [1.807, 2.05) is 18.2 Å². The summed E-state index contributed by atoms with van der Waals surface area (Å²) >= 11 is 1.78. The highest BCUT2D eigenvalue weighted by Crippen LogP contribution is 2.10. The normalized spacial score (nSPS) is 10.9. The van der Waals surface area contributed by atoms with Crippen LogP contribution in [0, 0.1) is 0 Å². The molecule has 23 heavy (non-hydrogen) atoms. The smallest absolute Gasteiger partial charge is 0.407 e. The summed E-state index contributed by atoms with van der Waals surface area (Å²) in [5, 5.41) is 5.41. The molecular formula is C17H26N2O3S. The first kappa shape index (κ1) is 19.4. The monoisotopic (exact) mass is 338 g/mol. The molecule has 5 nitrogen and oxygen atoms in total. The van der Waals surface area contributed by atoms with E-state index in [1.54, 1.807) is 32.5 Å². The molecule has 6 heteroatoms. The summed E-state index contributed by atoms with van der Waals surface area (Å²) in [5.41, 5.74) is 0.757. The van der Waals surface area contributed by atoms with Gasteiger partial charge in [0.15, 0.2) is 0 Å². The van der Waals surface area contributed by atoms with Crippen molar-refractivity contribution in [2.24, 2.45) is 0 Å². The molecule has 1 aromatic rings. The summed E-state index contributed by atoms with van der Waals surface area (Å²) in [6.45, 7) is 6.30.